The van der Waals surface area contributed by atoms with Crippen molar-refractivity contribution in [3.63, 3.8) is 0 Å². The van der Waals surface area contributed by atoms with Gasteiger partial charge in [0.05, 0.1) is 21.8 Å². The van der Waals surface area contributed by atoms with Gasteiger partial charge in [-0.15, -0.1) is 0 Å². The molecule has 0 saturated carbocycles. The average Bonchev–Trinajstić information content (AvgIpc) is 3.48. The summed E-state index contributed by atoms with van der Waals surface area (Å²) in [5.74, 6) is 0. The lowest BCUT2D eigenvalue weighted by atomic mass is 9.93. The smallest absolute Gasteiger partial charge is 0.251 e. The van der Waals surface area contributed by atoms with Crippen molar-refractivity contribution in [3.05, 3.63) is 119 Å². The molecule has 5 aromatic carbocycles. The van der Waals surface area contributed by atoms with Gasteiger partial charge in [-0.3, -0.25) is 4.99 Å². The van der Waals surface area contributed by atoms with Crippen molar-refractivity contribution < 1.29 is 8.42 Å². The van der Waals surface area contributed by atoms with E-state index in [1.165, 1.54) is 25.7 Å². The quantitative estimate of drug-likeness (QED) is 0.237. The minimum absolute atomic E-state index is 0.280. The molecule has 0 N–H and O–H groups in total. The number of aromatic nitrogens is 1. The fourth-order valence-electron chi connectivity index (χ4n) is 5.82. The van der Waals surface area contributed by atoms with Crippen molar-refractivity contribution >= 4 is 53.9 Å². The maximum Gasteiger partial charge on any atom is 0.268 e. The summed E-state index contributed by atoms with van der Waals surface area (Å²) in [6, 6.07) is 31.6. The van der Waals surface area contributed by atoms with Crippen LogP contribution < -0.4 is 0 Å². The second kappa shape index (κ2) is 7.89. The van der Waals surface area contributed by atoms with Gasteiger partial charge in [-0.25, -0.2) is 12.4 Å². The maximum absolute atomic E-state index is 13.9. The molecule has 4 nitrogen and oxygen atoms in total. The van der Waals surface area contributed by atoms with E-state index in [1.807, 2.05) is 50.2 Å². The van der Waals surface area contributed by atoms with Crippen LogP contribution in [0.15, 0.2) is 107 Å². The van der Waals surface area contributed by atoms with Crippen LogP contribution in [0.1, 0.15) is 22.4 Å². The third-order valence-corrected chi connectivity index (χ3v) is 9.33. The van der Waals surface area contributed by atoms with Crippen molar-refractivity contribution in [1.82, 2.24) is 3.97 Å². The van der Waals surface area contributed by atoms with Crippen molar-refractivity contribution in [1.29, 1.82) is 0 Å². The lowest BCUT2D eigenvalue weighted by molar-refractivity contribution is 0.588. The predicted molar refractivity (Wildman–Crippen MR) is 152 cm³/mol. The zero-order valence-corrected chi connectivity index (χ0v) is 21.4. The highest BCUT2D eigenvalue weighted by atomic mass is 32.2. The topological polar surface area (TPSA) is 51.4 Å². The fraction of sp³-hybridized carbons (Fsp3) is 0.0938. The highest BCUT2D eigenvalue weighted by molar-refractivity contribution is 7.90. The SMILES string of the molecule is Cc1ccc(S(=O)(=O)n2c(C)c(C3=Nc4c(c5ccccc5c5ccccc45)C3)c3ccccc32)cc1. The predicted octanol–water partition coefficient (Wildman–Crippen LogP) is 7.48. The van der Waals surface area contributed by atoms with E-state index in [2.05, 4.69) is 48.5 Å². The van der Waals surface area contributed by atoms with Crippen LogP contribution in [0.25, 0.3) is 32.4 Å². The molecule has 1 aromatic heterocycles. The van der Waals surface area contributed by atoms with Crippen LogP contribution in [0.5, 0.6) is 0 Å². The number of para-hydroxylation sites is 1. The van der Waals surface area contributed by atoms with Gasteiger partial charge in [0, 0.05) is 28.5 Å². The van der Waals surface area contributed by atoms with Crippen molar-refractivity contribution in [2.75, 3.05) is 0 Å². The summed E-state index contributed by atoms with van der Waals surface area (Å²) in [4.78, 5) is 5.48. The minimum Gasteiger partial charge on any atom is -0.251 e. The summed E-state index contributed by atoms with van der Waals surface area (Å²) in [6.07, 6.45) is 0.653. The standard InChI is InChI=1S/C32H24N2O2S/c1-20-15-17-22(18-16-20)37(35,36)34-21(2)31(27-13-7-8-14-30(27)34)29-19-28-25-11-4-3-9-23(25)24-10-5-6-12-26(24)32(28)33-29/h3-18H,19H2,1-2H3. The summed E-state index contributed by atoms with van der Waals surface area (Å²) >= 11 is 0. The largest absolute Gasteiger partial charge is 0.268 e. The van der Waals surface area contributed by atoms with Gasteiger partial charge < -0.3 is 0 Å². The van der Waals surface area contributed by atoms with Crippen LogP contribution in [0.4, 0.5) is 5.69 Å². The minimum atomic E-state index is -3.80. The second-order valence-corrected chi connectivity index (χ2v) is 11.5. The number of nitrogens with zero attached hydrogens (tertiary/aromatic N) is 2. The molecule has 37 heavy (non-hydrogen) atoms. The Labute approximate surface area is 215 Å². The summed E-state index contributed by atoms with van der Waals surface area (Å²) in [7, 11) is -3.80. The molecule has 0 amide bonds. The van der Waals surface area contributed by atoms with E-state index in [-0.39, 0.29) is 4.90 Å². The third kappa shape index (κ3) is 3.14. The Balaban J connectivity index is 1.49. The molecule has 5 heteroatoms. The monoisotopic (exact) mass is 500 g/mol. The van der Waals surface area contributed by atoms with E-state index < -0.39 is 10.0 Å². The Bertz CT molecular complexity index is 2030. The highest BCUT2D eigenvalue weighted by Crippen LogP contribution is 2.44. The lowest BCUT2D eigenvalue weighted by Crippen LogP contribution is -2.15. The lowest BCUT2D eigenvalue weighted by Gasteiger charge is -2.11. The number of hydrogen-bond donors (Lipinski definition) is 0. The van der Waals surface area contributed by atoms with E-state index in [9.17, 15) is 8.42 Å². The van der Waals surface area contributed by atoms with Crippen LogP contribution in [-0.2, 0) is 16.4 Å². The van der Waals surface area contributed by atoms with Gasteiger partial charge >= 0.3 is 0 Å². The first-order chi connectivity index (χ1) is 17.9. The van der Waals surface area contributed by atoms with E-state index in [1.54, 1.807) is 12.1 Å². The molecule has 7 rings (SSSR count). The molecule has 6 aromatic rings. The molecular weight excluding hydrogens is 476 g/mol. The molecule has 2 heterocycles. The van der Waals surface area contributed by atoms with Crippen LogP contribution >= 0.6 is 0 Å². The van der Waals surface area contributed by atoms with Gasteiger partial charge in [-0.05, 0) is 53.8 Å². The molecule has 0 unspecified atom stereocenters. The first kappa shape index (κ1) is 22.0. The Kier molecular flexibility index (Phi) is 4.69. The van der Waals surface area contributed by atoms with Gasteiger partial charge in [0.15, 0.2) is 0 Å². The Morgan fingerprint density at radius 2 is 1.24 bits per heavy atom. The first-order valence-electron chi connectivity index (χ1n) is 12.4. The second-order valence-electron chi connectivity index (χ2n) is 9.71. The van der Waals surface area contributed by atoms with Crippen molar-refractivity contribution in [3.8, 4) is 0 Å². The van der Waals surface area contributed by atoms with E-state index >= 15 is 0 Å². The number of fused-ring (bicyclic) bond motifs is 7. The number of benzene rings is 5. The zero-order chi connectivity index (χ0) is 25.3. The van der Waals surface area contributed by atoms with Gasteiger partial charge in [0.2, 0.25) is 0 Å². The highest BCUT2D eigenvalue weighted by Gasteiger charge is 2.30. The first-order valence-corrected chi connectivity index (χ1v) is 13.8. The van der Waals surface area contributed by atoms with Gasteiger partial charge in [-0.2, -0.15) is 0 Å². The van der Waals surface area contributed by atoms with Crippen LogP contribution in [0.3, 0.4) is 0 Å². The molecule has 0 radical (unpaired) electrons. The molecule has 0 aliphatic carbocycles. The molecule has 0 saturated heterocycles. The molecule has 1 aliphatic heterocycles. The van der Waals surface area contributed by atoms with Crippen molar-refractivity contribution in [2.24, 2.45) is 4.99 Å². The van der Waals surface area contributed by atoms with Gasteiger partial charge in [0.1, 0.15) is 0 Å². The summed E-state index contributed by atoms with van der Waals surface area (Å²) < 4.78 is 29.3. The van der Waals surface area contributed by atoms with Gasteiger partial charge in [0.25, 0.3) is 10.0 Å². The third-order valence-electron chi connectivity index (χ3n) is 7.51. The fourth-order valence-corrected chi connectivity index (χ4v) is 7.38. The molecule has 0 bridgehead atoms. The number of aliphatic imine (C=N–C) groups is 1. The van der Waals surface area contributed by atoms with E-state index in [0.29, 0.717) is 17.6 Å². The number of rotatable bonds is 3. The Morgan fingerprint density at radius 3 is 1.95 bits per heavy atom. The summed E-state index contributed by atoms with van der Waals surface area (Å²) in [5.41, 5.74) is 6.36. The Hall–Kier alpha value is -4.22. The van der Waals surface area contributed by atoms with E-state index in [0.717, 1.165) is 33.3 Å². The normalized spacial score (nSPS) is 13.4. The van der Waals surface area contributed by atoms with Crippen LogP contribution in [-0.4, -0.2) is 18.1 Å². The summed E-state index contributed by atoms with van der Waals surface area (Å²) in [6.45, 7) is 3.84. The Morgan fingerprint density at radius 1 is 0.676 bits per heavy atom. The molecule has 1 aliphatic rings. The molecule has 0 atom stereocenters. The van der Waals surface area contributed by atoms with Crippen LogP contribution in [0, 0.1) is 13.8 Å². The molecular formula is C32H24N2O2S. The average molecular weight is 501 g/mol. The molecule has 0 spiro atoms. The van der Waals surface area contributed by atoms with Crippen molar-refractivity contribution in [2.45, 2.75) is 25.2 Å². The van der Waals surface area contributed by atoms with Crippen LogP contribution in [0.2, 0.25) is 0 Å². The number of aryl methyl sites for hydroxylation is 1. The molecule has 180 valence electrons. The summed E-state index contributed by atoms with van der Waals surface area (Å²) in [5, 5.41) is 5.62. The van der Waals surface area contributed by atoms with E-state index in [4.69, 9.17) is 4.99 Å². The van der Waals surface area contributed by atoms with Gasteiger partial charge in [-0.1, -0.05) is 84.4 Å². The maximum atomic E-state index is 13.9. The number of hydrogen-bond acceptors (Lipinski definition) is 3. The zero-order valence-electron chi connectivity index (χ0n) is 20.6. The molecule has 0 fully saturated rings.